The third-order valence-corrected chi connectivity index (χ3v) is 6.78. The second-order valence-corrected chi connectivity index (χ2v) is 7.70. The van der Waals surface area contributed by atoms with Gasteiger partial charge in [0, 0.05) is 27.0 Å². The van der Waals surface area contributed by atoms with E-state index in [0.29, 0.717) is 0 Å². The van der Waals surface area contributed by atoms with Gasteiger partial charge >= 0.3 is 8.56 Å². The third-order valence-electron chi connectivity index (χ3n) is 3.24. The van der Waals surface area contributed by atoms with Gasteiger partial charge in [-0.25, -0.2) is 0 Å². The van der Waals surface area contributed by atoms with Crippen LogP contribution in [0.15, 0.2) is 42.7 Å². The van der Waals surface area contributed by atoms with E-state index < -0.39 is 8.56 Å². The first-order valence-corrected chi connectivity index (χ1v) is 8.33. The first kappa shape index (κ1) is 13.9. The van der Waals surface area contributed by atoms with E-state index in [9.17, 15) is 0 Å². The van der Waals surface area contributed by atoms with Crippen LogP contribution in [0.2, 0.25) is 6.04 Å². The van der Waals surface area contributed by atoms with Gasteiger partial charge in [0.15, 0.2) is 0 Å². The molecule has 2 rings (SSSR count). The molecule has 0 fully saturated rings. The molecule has 0 spiro atoms. The van der Waals surface area contributed by atoms with Crippen LogP contribution in [0.25, 0.3) is 0 Å². The minimum Gasteiger partial charge on any atom is -0.394 e. The van der Waals surface area contributed by atoms with Crippen LogP contribution in [0.3, 0.4) is 0 Å². The second-order valence-electron chi connectivity index (χ2n) is 4.30. The summed E-state index contributed by atoms with van der Waals surface area (Å²) in [7, 11) is 1.15. The van der Waals surface area contributed by atoms with E-state index in [4.69, 9.17) is 8.85 Å². The molecule has 1 aromatic heterocycles. The molecule has 102 valence electrons. The standard InChI is InChI=1S/C13H19N3O2Si/c1-17-19(18-2,13-7-4-3-5-8-13)12-6-10-16-11-9-14-15-16/h3-5,7-9,11H,6,10,12H2,1-2H3. The van der Waals surface area contributed by atoms with Gasteiger partial charge in [-0.15, -0.1) is 5.10 Å². The fourth-order valence-corrected chi connectivity index (χ4v) is 4.84. The van der Waals surface area contributed by atoms with E-state index in [1.165, 1.54) is 5.19 Å². The number of rotatable bonds is 7. The van der Waals surface area contributed by atoms with Crippen LogP contribution in [0, 0.1) is 0 Å². The first-order valence-electron chi connectivity index (χ1n) is 6.30. The van der Waals surface area contributed by atoms with Crippen molar-refractivity contribution in [2.24, 2.45) is 0 Å². The molecule has 0 saturated carbocycles. The Hall–Kier alpha value is -1.50. The molecule has 1 aromatic carbocycles. The van der Waals surface area contributed by atoms with Crippen molar-refractivity contribution in [3.63, 3.8) is 0 Å². The Morgan fingerprint density at radius 3 is 2.47 bits per heavy atom. The van der Waals surface area contributed by atoms with Crippen LogP contribution in [0.5, 0.6) is 0 Å². The topological polar surface area (TPSA) is 49.2 Å². The van der Waals surface area contributed by atoms with E-state index in [-0.39, 0.29) is 0 Å². The van der Waals surface area contributed by atoms with Gasteiger partial charge in [0.1, 0.15) is 0 Å². The molecule has 0 saturated heterocycles. The predicted octanol–water partition coefficient (Wildman–Crippen LogP) is 1.31. The zero-order valence-corrected chi connectivity index (χ0v) is 12.3. The Morgan fingerprint density at radius 2 is 1.89 bits per heavy atom. The molecule has 0 amide bonds. The van der Waals surface area contributed by atoms with Gasteiger partial charge in [-0.2, -0.15) is 0 Å². The molecule has 0 aliphatic carbocycles. The van der Waals surface area contributed by atoms with Gasteiger partial charge in [-0.3, -0.25) is 4.68 Å². The number of nitrogens with zero attached hydrogens (tertiary/aromatic N) is 3. The van der Waals surface area contributed by atoms with E-state index in [1.54, 1.807) is 20.4 Å². The van der Waals surface area contributed by atoms with Gasteiger partial charge in [-0.05, 0) is 17.7 Å². The molecule has 1 heterocycles. The van der Waals surface area contributed by atoms with E-state index in [1.807, 2.05) is 29.1 Å². The van der Waals surface area contributed by atoms with Gasteiger partial charge < -0.3 is 8.85 Å². The maximum absolute atomic E-state index is 5.76. The lowest BCUT2D eigenvalue weighted by atomic mass is 10.4. The highest BCUT2D eigenvalue weighted by Crippen LogP contribution is 2.15. The lowest BCUT2D eigenvalue weighted by molar-refractivity contribution is 0.255. The van der Waals surface area contributed by atoms with Crippen molar-refractivity contribution in [2.75, 3.05) is 14.2 Å². The molecular formula is C13H19N3O2Si. The lowest BCUT2D eigenvalue weighted by Gasteiger charge is -2.27. The largest absolute Gasteiger partial charge is 0.394 e. The average Bonchev–Trinajstić information content (AvgIpc) is 2.98. The Morgan fingerprint density at radius 1 is 1.16 bits per heavy atom. The molecular weight excluding hydrogens is 258 g/mol. The summed E-state index contributed by atoms with van der Waals surface area (Å²) in [6, 6.07) is 11.1. The summed E-state index contributed by atoms with van der Waals surface area (Å²) >= 11 is 0. The fourth-order valence-electron chi connectivity index (χ4n) is 2.19. The van der Waals surface area contributed by atoms with Crippen molar-refractivity contribution in [3.8, 4) is 0 Å². The molecule has 0 bridgehead atoms. The molecule has 0 radical (unpaired) electrons. The molecule has 6 heteroatoms. The summed E-state index contributed by atoms with van der Waals surface area (Å²) in [6.45, 7) is 0.828. The lowest BCUT2D eigenvalue weighted by Crippen LogP contribution is -2.52. The van der Waals surface area contributed by atoms with Crippen molar-refractivity contribution >= 4 is 13.7 Å². The van der Waals surface area contributed by atoms with Crippen molar-refractivity contribution < 1.29 is 8.85 Å². The van der Waals surface area contributed by atoms with Crippen molar-refractivity contribution in [3.05, 3.63) is 42.7 Å². The second kappa shape index (κ2) is 6.60. The number of hydrogen-bond acceptors (Lipinski definition) is 4. The number of aromatic nitrogens is 3. The van der Waals surface area contributed by atoms with E-state index in [2.05, 4.69) is 22.4 Å². The first-order chi connectivity index (χ1) is 9.30. The molecule has 0 atom stereocenters. The summed E-state index contributed by atoms with van der Waals surface area (Å²) in [5.74, 6) is 0. The third kappa shape index (κ3) is 3.28. The maximum atomic E-state index is 5.76. The maximum Gasteiger partial charge on any atom is 0.372 e. The summed E-state index contributed by atoms with van der Waals surface area (Å²) < 4.78 is 13.4. The highest BCUT2D eigenvalue weighted by Gasteiger charge is 2.37. The summed E-state index contributed by atoms with van der Waals surface area (Å²) in [6.07, 6.45) is 4.51. The van der Waals surface area contributed by atoms with Gasteiger partial charge in [-0.1, -0.05) is 35.5 Å². The number of benzene rings is 1. The van der Waals surface area contributed by atoms with Crippen LogP contribution >= 0.6 is 0 Å². The summed E-state index contributed by atoms with van der Waals surface area (Å²) in [5.41, 5.74) is 0. The van der Waals surface area contributed by atoms with Gasteiger partial charge in [0.05, 0.1) is 6.20 Å². The van der Waals surface area contributed by atoms with Gasteiger partial charge in [0.2, 0.25) is 0 Å². The van der Waals surface area contributed by atoms with Gasteiger partial charge in [0.25, 0.3) is 0 Å². The summed E-state index contributed by atoms with van der Waals surface area (Å²) in [4.78, 5) is 0. The van der Waals surface area contributed by atoms with E-state index in [0.717, 1.165) is 19.0 Å². The highest BCUT2D eigenvalue weighted by atomic mass is 28.4. The Bertz CT molecular complexity index is 472. The zero-order chi connectivity index (χ0) is 13.6. The van der Waals surface area contributed by atoms with Crippen molar-refractivity contribution in [1.29, 1.82) is 0 Å². The van der Waals surface area contributed by atoms with Crippen LogP contribution in [-0.2, 0) is 15.4 Å². The van der Waals surface area contributed by atoms with Crippen LogP contribution < -0.4 is 5.19 Å². The smallest absolute Gasteiger partial charge is 0.372 e. The zero-order valence-electron chi connectivity index (χ0n) is 11.3. The fraction of sp³-hybridized carbons (Fsp3) is 0.385. The molecule has 2 aromatic rings. The van der Waals surface area contributed by atoms with Crippen LogP contribution in [0.1, 0.15) is 6.42 Å². The molecule has 0 aliphatic heterocycles. The van der Waals surface area contributed by atoms with Crippen LogP contribution in [-0.4, -0.2) is 37.8 Å². The number of hydrogen-bond donors (Lipinski definition) is 0. The molecule has 5 nitrogen and oxygen atoms in total. The normalized spacial score (nSPS) is 11.7. The summed E-state index contributed by atoms with van der Waals surface area (Å²) in [5, 5.41) is 8.92. The van der Waals surface area contributed by atoms with Crippen molar-refractivity contribution in [2.45, 2.75) is 19.0 Å². The molecule has 0 unspecified atom stereocenters. The monoisotopic (exact) mass is 277 g/mol. The highest BCUT2D eigenvalue weighted by molar-refractivity contribution is 6.81. The molecule has 0 N–H and O–H groups in total. The Balaban J connectivity index is 2.03. The minimum atomic E-state index is -2.31. The SMILES string of the molecule is CO[Si](CCCn1ccnn1)(OC)c1ccccc1. The number of aryl methyl sites for hydroxylation is 1. The quantitative estimate of drug-likeness (QED) is 0.716. The predicted molar refractivity (Wildman–Crippen MR) is 75.3 cm³/mol. The minimum absolute atomic E-state index is 0.828. The Labute approximate surface area is 114 Å². The van der Waals surface area contributed by atoms with Crippen LogP contribution in [0.4, 0.5) is 0 Å². The molecule has 19 heavy (non-hydrogen) atoms. The van der Waals surface area contributed by atoms with Crippen molar-refractivity contribution in [1.82, 2.24) is 15.0 Å². The van der Waals surface area contributed by atoms with E-state index >= 15 is 0 Å². The Kier molecular flexibility index (Phi) is 4.84. The molecule has 0 aliphatic rings. The average molecular weight is 277 g/mol.